The molecule has 1 aromatic rings. The number of rotatable bonds is 3. The first kappa shape index (κ1) is 14.2. The number of fused-ring (bicyclic) bond motifs is 1. The lowest BCUT2D eigenvalue weighted by molar-refractivity contribution is -0.139. The highest BCUT2D eigenvalue weighted by Gasteiger charge is 2.31. The Morgan fingerprint density at radius 2 is 2.10 bits per heavy atom. The van der Waals surface area contributed by atoms with Crippen molar-refractivity contribution in [2.24, 2.45) is 5.92 Å². The van der Waals surface area contributed by atoms with E-state index in [1.165, 1.54) is 12.8 Å². The molecule has 3 rings (SSSR count). The summed E-state index contributed by atoms with van der Waals surface area (Å²) < 4.78 is 5.87. The van der Waals surface area contributed by atoms with Gasteiger partial charge in [-0.3, -0.25) is 4.79 Å². The highest BCUT2D eigenvalue weighted by Crippen LogP contribution is 2.29. The lowest BCUT2D eigenvalue weighted by Gasteiger charge is -2.35. The number of carbonyl (C=O) groups is 1. The fourth-order valence-corrected chi connectivity index (χ4v) is 3.30. The van der Waals surface area contributed by atoms with E-state index in [1.54, 1.807) is 0 Å². The van der Waals surface area contributed by atoms with Crippen molar-refractivity contribution in [1.29, 1.82) is 0 Å². The zero-order chi connectivity index (χ0) is 14.7. The lowest BCUT2D eigenvalue weighted by atomic mass is 9.92. The van der Waals surface area contributed by atoms with E-state index >= 15 is 0 Å². The summed E-state index contributed by atoms with van der Waals surface area (Å²) in [6, 6.07) is 7.79. The van der Waals surface area contributed by atoms with Crippen LogP contribution in [0.3, 0.4) is 0 Å². The molecular formula is C17H24N2O2. The molecule has 2 heterocycles. The number of ether oxygens (including phenoxy) is 1. The molecule has 2 aliphatic heterocycles. The second-order valence-electron chi connectivity index (χ2n) is 6.04. The summed E-state index contributed by atoms with van der Waals surface area (Å²) in [7, 11) is 0. The smallest absolute Gasteiger partial charge is 0.265 e. The summed E-state index contributed by atoms with van der Waals surface area (Å²) in [5.74, 6) is 1.71. The number of para-hydroxylation sites is 2. The average molecular weight is 288 g/mol. The Morgan fingerprint density at radius 1 is 1.33 bits per heavy atom. The zero-order valence-electron chi connectivity index (χ0n) is 12.7. The first-order chi connectivity index (χ1) is 10.3. The molecule has 2 aliphatic rings. The van der Waals surface area contributed by atoms with Crippen molar-refractivity contribution >= 4 is 11.6 Å². The molecule has 0 saturated carbocycles. The number of nitrogens with zero attached hydrogens (tertiary/aromatic N) is 1. The summed E-state index contributed by atoms with van der Waals surface area (Å²) in [5, 5.41) is 3.29. The number of benzene rings is 1. The Morgan fingerprint density at radius 3 is 2.86 bits per heavy atom. The molecule has 0 spiro atoms. The third-order valence-electron chi connectivity index (χ3n) is 4.53. The molecule has 114 valence electrons. The summed E-state index contributed by atoms with van der Waals surface area (Å²) >= 11 is 0. The minimum Gasteiger partial charge on any atom is -0.477 e. The Balaban J connectivity index is 1.57. The number of anilines is 1. The van der Waals surface area contributed by atoms with E-state index in [0.717, 1.165) is 43.3 Å². The highest BCUT2D eigenvalue weighted by atomic mass is 16.5. The molecule has 21 heavy (non-hydrogen) atoms. The third kappa shape index (κ3) is 3.14. The monoisotopic (exact) mass is 288 g/mol. The average Bonchev–Trinajstić information content (AvgIpc) is 2.55. The quantitative estimate of drug-likeness (QED) is 0.930. The van der Waals surface area contributed by atoms with Crippen molar-refractivity contribution in [3.63, 3.8) is 0 Å². The lowest BCUT2D eigenvalue weighted by Crippen LogP contribution is -2.49. The van der Waals surface area contributed by atoms with Crippen LogP contribution in [0.1, 0.15) is 32.6 Å². The van der Waals surface area contributed by atoms with E-state index in [4.69, 9.17) is 4.74 Å². The van der Waals surface area contributed by atoms with Gasteiger partial charge in [0, 0.05) is 13.1 Å². The second kappa shape index (κ2) is 6.37. The Hall–Kier alpha value is -1.71. The molecule has 1 fully saturated rings. The topological polar surface area (TPSA) is 41.6 Å². The van der Waals surface area contributed by atoms with Gasteiger partial charge in [0.15, 0.2) is 6.10 Å². The van der Waals surface area contributed by atoms with Gasteiger partial charge in [-0.1, -0.05) is 31.9 Å². The number of carbonyl (C=O) groups excluding carboxylic acids is 1. The maximum absolute atomic E-state index is 12.6. The van der Waals surface area contributed by atoms with E-state index in [-0.39, 0.29) is 12.0 Å². The molecule has 1 amide bonds. The largest absolute Gasteiger partial charge is 0.477 e. The van der Waals surface area contributed by atoms with Gasteiger partial charge in [-0.25, -0.2) is 0 Å². The van der Waals surface area contributed by atoms with Crippen LogP contribution in [0.4, 0.5) is 5.69 Å². The van der Waals surface area contributed by atoms with Crippen LogP contribution >= 0.6 is 0 Å². The van der Waals surface area contributed by atoms with Crippen molar-refractivity contribution in [3.05, 3.63) is 24.3 Å². The number of likely N-dealkylation sites (tertiary alicyclic amines) is 1. The molecule has 0 bridgehead atoms. The Kier molecular flexibility index (Phi) is 4.32. The van der Waals surface area contributed by atoms with E-state index in [0.29, 0.717) is 6.54 Å². The van der Waals surface area contributed by atoms with Crippen LogP contribution in [0.2, 0.25) is 0 Å². The van der Waals surface area contributed by atoms with Crippen LogP contribution in [0, 0.1) is 5.92 Å². The standard InChI is InChI=1S/C17H24N2O2/c1-2-5-13-8-10-19(11-9-13)17(20)16-12-18-14-6-3-4-7-15(14)21-16/h3-4,6-7,13,16,18H,2,5,8-12H2,1H3. The van der Waals surface area contributed by atoms with Gasteiger partial charge in [-0.15, -0.1) is 0 Å². The van der Waals surface area contributed by atoms with Crippen LogP contribution in [0.15, 0.2) is 24.3 Å². The minimum atomic E-state index is -0.386. The summed E-state index contributed by atoms with van der Waals surface area (Å²) in [6.45, 7) is 4.55. The first-order valence-corrected chi connectivity index (χ1v) is 8.06. The van der Waals surface area contributed by atoms with Gasteiger partial charge >= 0.3 is 0 Å². The van der Waals surface area contributed by atoms with Crippen molar-refractivity contribution in [2.75, 3.05) is 25.0 Å². The number of amides is 1. The molecule has 0 aliphatic carbocycles. The van der Waals surface area contributed by atoms with Crippen molar-refractivity contribution < 1.29 is 9.53 Å². The Labute approximate surface area is 126 Å². The third-order valence-corrected chi connectivity index (χ3v) is 4.53. The fraction of sp³-hybridized carbons (Fsp3) is 0.588. The molecule has 1 atom stereocenters. The van der Waals surface area contributed by atoms with Gasteiger partial charge in [0.1, 0.15) is 5.75 Å². The molecule has 4 nitrogen and oxygen atoms in total. The number of hydrogen-bond acceptors (Lipinski definition) is 3. The van der Waals surface area contributed by atoms with Gasteiger partial charge in [-0.2, -0.15) is 0 Å². The number of piperidine rings is 1. The second-order valence-corrected chi connectivity index (χ2v) is 6.04. The summed E-state index contributed by atoms with van der Waals surface area (Å²) in [5.41, 5.74) is 0.975. The van der Waals surface area contributed by atoms with Crippen LogP contribution < -0.4 is 10.1 Å². The molecule has 0 radical (unpaired) electrons. The van der Waals surface area contributed by atoms with Crippen LogP contribution in [0.5, 0.6) is 5.75 Å². The first-order valence-electron chi connectivity index (χ1n) is 8.06. The molecule has 1 unspecified atom stereocenters. The van der Waals surface area contributed by atoms with Crippen LogP contribution in [-0.2, 0) is 4.79 Å². The highest BCUT2D eigenvalue weighted by molar-refractivity contribution is 5.83. The van der Waals surface area contributed by atoms with Crippen LogP contribution in [-0.4, -0.2) is 36.5 Å². The molecular weight excluding hydrogens is 264 g/mol. The normalized spacial score (nSPS) is 22.1. The van der Waals surface area contributed by atoms with Crippen molar-refractivity contribution in [2.45, 2.75) is 38.7 Å². The molecule has 1 saturated heterocycles. The minimum absolute atomic E-state index is 0.131. The van der Waals surface area contributed by atoms with Gasteiger partial charge in [-0.05, 0) is 30.9 Å². The fourth-order valence-electron chi connectivity index (χ4n) is 3.30. The van der Waals surface area contributed by atoms with Crippen molar-refractivity contribution in [1.82, 2.24) is 4.90 Å². The molecule has 0 aromatic heterocycles. The summed E-state index contributed by atoms with van der Waals surface area (Å²) in [6.07, 6.45) is 4.41. The van der Waals surface area contributed by atoms with Gasteiger partial charge < -0.3 is 15.0 Å². The maximum Gasteiger partial charge on any atom is 0.265 e. The molecule has 1 aromatic carbocycles. The number of nitrogens with one attached hydrogen (secondary N) is 1. The van der Waals surface area contributed by atoms with E-state index in [2.05, 4.69) is 12.2 Å². The molecule has 4 heteroatoms. The zero-order valence-corrected chi connectivity index (χ0v) is 12.7. The Bertz CT molecular complexity index is 495. The van der Waals surface area contributed by atoms with Crippen molar-refractivity contribution in [3.8, 4) is 5.75 Å². The van der Waals surface area contributed by atoms with Gasteiger partial charge in [0.25, 0.3) is 5.91 Å². The van der Waals surface area contributed by atoms with E-state index in [9.17, 15) is 4.79 Å². The summed E-state index contributed by atoms with van der Waals surface area (Å²) in [4.78, 5) is 14.6. The predicted octanol–water partition coefficient (Wildman–Crippen LogP) is 2.90. The maximum atomic E-state index is 12.6. The molecule has 1 N–H and O–H groups in total. The number of hydrogen-bond donors (Lipinski definition) is 1. The predicted molar refractivity (Wildman–Crippen MR) is 83.6 cm³/mol. The van der Waals surface area contributed by atoms with Gasteiger partial charge in [0.2, 0.25) is 0 Å². The SMILES string of the molecule is CCCC1CCN(C(=O)C2CNc3ccccc3O2)CC1. The van der Waals surface area contributed by atoms with E-state index in [1.807, 2.05) is 29.2 Å². The van der Waals surface area contributed by atoms with Gasteiger partial charge in [0.05, 0.1) is 12.2 Å². The van der Waals surface area contributed by atoms with Crippen LogP contribution in [0.25, 0.3) is 0 Å². The van der Waals surface area contributed by atoms with E-state index < -0.39 is 0 Å².